The van der Waals surface area contributed by atoms with E-state index in [0.717, 1.165) is 33.7 Å². The van der Waals surface area contributed by atoms with Gasteiger partial charge in [-0.25, -0.2) is 9.97 Å². The summed E-state index contributed by atoms with van der Waals surface area (Å²) in [7, 11) is 3.69. The molecule has 0 radical (unpaired) electrons. The quantitative estimate of drug-likeness (QED) is 0.682. The van der Waals surface area contributed by atoms with Crippen molar-refractivity contribution in [2.75, 3.05) is 7.05 Å². The maximum Gasteiger partial charge on any atom is 0.159 e. The molecule has 0 aliphatic rings. The van der Waals surface area contributed by atoms with Gasteiger partial charge >= 0.3 is 0 Å². The molecular weight excluding hydrogens is 310 g/mol. The average Bonchev–Trinajstić information content (AvgIpc) is 3.06. The third-order valence-electron chi connectivity index (χ3n) is 3.98. The van der Waals surface area contributed by atoms with Gasteiger partial charge in [0.25, 0.3) is 0 Å². The maximum absolute atomic E-state index is 4.69. The van der Waals surface area contributed by atoms with Crippen molar-refractivity contribution in [2.24, 2.45) is 12.0 Å². The van der Waals surface area contributed by atoms with Gasteiger partial charge in [-0.2, -0.15) is 5.10 Å². The Morgan fingerprint density at radius 1 is 1.16 bits per heavy atom. The minimum Gasteiger partial charge on any atom is -0.288 e. The first-order valence-electron chi connectivity index (χ1n) is 8.15. The molecule has 25 heavy (non-hydrogen) atoms. The summed E-state index contributed by atoms with van der Waals surface area (Å²) < 4.78 is 1.80. The molecule has 2 heterocycles. The second-order valence-electron chi connectivity index (χ2n) is 5.79. The van der Waals surface area contributed by atoms with E-state index < -0.39 is 0 Å². The van der Waals surface area contributed by atoms with Crippen LogP contribution < -0.4 is 0 Å². The standard InChI is InChI=1S/C20H21N5/c1-5-7-19(21-3)18-12-22-20(24-14(18)2)16-9-6-8-15(10-16)17-11-23-25(4)13-17/h5-13H,1-4H3/b7-5-,21-19?. The first-order chi connectivity index (χ1) is 12.1. The SMILES string of the molecule is C/C=C\C(=NC)c1cnc(-c2cccc(-c3cnn(C)c3)c2)nc1C. The van der Waals surface area contributed by atoms with Crippen molar-refractivity contribution in [3.05, 3.63) is 66.3 Å². The second-order valence-corrected chi connectivity index (χ2v) is 5.79. The monoisotopic (exact) mass is 331 g/mol. The Morgan fingerprint density at radius 2 is 1.96 bits per heavy atom. The highest BCUT2D eigenvalue weighted by Crippen LogP contribution is 2.24. The minimum absolute atomic E-state index is 0.711. The van der Waals surface area contributed by atoms with Crippen molar-refractivity contribution >= 4 is 5.71 Å². The van der Waals surface area contributed by atoms with Gasteiger partial charge in [0.2, 0.25) is 0 Å². The highest BCUT2D eigenvalue weighted by molar-refractivity contribution is 6.09. The molecule has 0 N–H and O–H groups in total. The molecule has 0 unspecified atom stereocenters. The van der Waals surface area contributed by atoms with Gasteiger partial charge in [0.05, 0.1) is 17.6 Å². The van der Waals surface area contributed by atoms with Crippen LogP contribution in [0.3, 0.4) is 0 Å². The van der Waals surface area contributed by atoms with Gasteiger partial charge in [-0.15, -0.1) is 0 Å². The summed E-state index contributed by atoms with van der Waals surface area (Å²) in [6, 6.07) is 8.19. The Kier molecular flexibility index (Phi) is 4.84. The fourth-order valence-electron chi connectivity index (χ4n) is 2.71. The van der Waals surface area contributed by atoms with Crippen LogP contribution in [0.4, 0.5) is 0 Å². The summed E-state index contributed by atoms with van der Waals surface area (Å²) in [5, 5.41) is 4.23. The summed E-state index contributed by atoms with van der Waals surface area (Å²) in [6.07, 6.45) is 9.63. The predicted octanol–water partition coefficient (Wildman–Crippen LogP) is 3.85. The number of aryl methyl sites for hydroxylation is 2. The van der Waals surface area contributed by atoms with Crippen LogP contribution in [0.25, 0.3) is 22.5 Å². The van der Waals surface area contributed by atoms with Gasteiger partial charge in [0, 0.05) is 43.2 Å². The Balaban J connectivity index is 1.99. The molecule has 126 valence electrons. The molecule has 0 saturated carbocycles. The molecular formula is C20H21N5. The van der Waals surface area contributed by atoms with Crippen molar-refractivity contribution in [2.45, 2.75) is 13.8 Å². The van der Waals surface area contributed by atoms with Crippen LogP contribution in [-0.2, 0) is 7.05 Å². The second kappa shape index (κ2) is 7.21. The molecule has 5 nitrogen and oxygen atoms in total. The van der Waals surface area contributed by atoms with Gasteiger partial charge in [0.15, 0.2) is 5.82 Å². The van der Waals surface area contributed by atoms with Gasteiger partial charge in [-0.1, -0.05) is 24.3 Å². The van der Waals surface area contributed by atoms with E-state index in [9.17, 15) is 0 Å². The smallest absolute Gasteiger partial charge is 0.159 e. The van der Waals surface area contributed by atoms with E-state index in [2.05, 4.69) is 32.2 Å². The number of aliphatic imine (C=N–C) groups is 1. The highest BCUT2D eigenvalue weighted by atomic mass is 15.2. The van der Waals surface area contributed by atoms with E-state index >= 15 is 0 Å². The maximum atomic E-state index is 4.69. The summed E-state index contributed by atoms with van der Waals surface area (Å²) in [6.45, 7) is 3.96. The number of hydrogen-bond acceptors (Lipinski definition) is 4. The summed E-state index contributed by atoms with van der Waals surface area (Å²) in [5.41, 5.74) is 5.91. The first kappa shape index (κ1) is 16.8. The summed E-state index contributed by atoms with van der Waals surface area (Å²) in [4.78, 5) is 13.5. The van der Waals surface area contributed by atoms with Crippen LogP contribution in [0.5, 0.6) is 0 Å². The van der Waals surface area contributed by atoms with Crippen LogP contribution in [0.2, 0.25) is 0 Å². The number of rotatable bonds is 4. The molecule has 3 aromatic rings. The summed E-state index contributed by atoms with van der Waals surface area (Å²) in [5.74, 6) is 0.711. The number of allylic oxidation sites excluding steroid dienone is 2. The normalized spacial score (nSPS) is 12.1. The average molecular weight is 331 g/mol. The van der Waals surface area contributed by atoms with Crippen molar-refractivity contribution in [3.63, 3.8) is 0 Å². The Hall–Kier alpha value is -3.08. The molecule has 0 fully saturated rings. The zero-order valence-electron chi connectivity index (χ0n) is 14.9. The molecule has 1 aromatic carbocycles. The van der Waals surface area contributed by atoms with Crippen LogP contribution in [0, 0.1) is 6.92 Å². The molecule has 0 spiro atoms. The van der Waals surface area contributed by atoms with Gasteiger partial charge in [-0.3, -0.25) is 9.67 Å². The largest absolute Gasteiger partial charge is 0.288 e. The molecule has 0 amide bonds. The zero-order valence-corrected chi connectivity index (χ0v) is 14.9. The molecule has 0 aliphatic carbocycles. The lowest BCUT2D eigenvalue weighted by molar-refractivity contribution is 0.768. The lowest BCUT2D eigenvalue weighted by Gasteiger charge is -2.08. The van der Waals surface area contributed by atoms with Crippen molar-refractivity contribution in [3.8, 4) is 22.5 Å². The van der Waals surface area contributed by atoms with Crippen LogP contribution in [0.1, 0.15) is 18.2 Å². The van der Waals surface area contributed by atoms with E-state index in [0.29, 0.717) is 5.82 Å². The third-order valence-corrected chi connectivity index (χ3v) is 3.98. The topological polar surface area (TPSA) is 56.0 Å². The fourth-order valence-corrected chi connectivity index (χ4v) is 2.71. The Bertz CT molecular complexity index is 950. The highest BCUT2D eigenvalue weighted by Gasteiger charge is 2.10. The minimum atomic E-state index is 0.711. The van der Waals surface area contributed by atoms with Crippen LogP contribution in [-0.4, -0.2) is 32.5 Å². The van der Waals surface area contributed by atoms with Crippen molar-refractivity contribution in [1.82, 2.24) is 19.7 Å². The lowest BCUT2D eigenvalue weighted by atomic mass is 10.1. The van der Waals surface area contributed by atoms with Crippen LogP contribution in [0.15, 0.2) is 60.0 Å². The lowest BCUT2D eigenvalue weighted by Crippen LogP contribution is -2.04. The van der Waals surface area contributed by atoms with Gasteiger partial charge in [0.1, 0.15) is 0 Å². The number of aromatic nitrogens is 4. The number of hydrogen-bond donors (Lipinski definition) is 0. The Morgan fingerprint density at radius 3 is 2.60 bits per heavy atom. The number of nitrogens with zero attached hydrogens (tertiary/aromatic N) is 5. The molecule has 5 heteroatoms. The molecule has 3 rings (SSSR count). The van der Waals surface area contributed by atoms with Crippen molar-refractivity contribution in [1.29, 1.82) is 0 Å². The summed E-state index contributed by atoms with van der Waals surface area (Å²) >= 11 is 0. The molecule has 0 bridgehead atoms. The van der Waals surface area contributed by atoms with E-state index in [1.54, 1.807) is 11.7 Å². The first-order valence-corrected chi connectivity index (χ1v) is 8.15. The number of benzene rings is 1. The fraction of sp³-hybridized carbons (Fsp3) is 0.200. The van der Waals surface area contributed by atoms with Crippen molar-refractivity contribution < 1.29 is 0 Å². The molecule has 2 aromatic heterocycles. The van der Waals surface area contributed by atoms with Gasteiger partial charge < -0.3 is 0 Å². The Labute approximate surface area is 147 Å². The molecule has 0 saturated heterocycles. The zero-order chi connectivity index (χ0) is 17.8. The van der Waals surface area contributed by atoms with E-state index in [-0.39, 0.29) is 0 Å². The molecule has 0 atom stereocenters. The third kappa shape index (κ3) is 3.55. The molecule has 0 aliphatic heterocycles. The van der Waals surface area contributed by atoms with E-state index in [1.165, 1.54) is 0 Å². The van der Waals surface area contributed by atoms with Gasteiger partial charge in [-0.05, 0) is 31.6 Å². The van der Waals surface area contributed by atoms with Crippen LogP contribution >= 0.6 is 0 Å². The van der Waals surface area contributed by atoms with E-state index in [4.69, 9.17) is 0 Å². The predicted molar refractivity (Wildman–Crippen MR) is 102 cm³/mol. The van der Waals surface area contributed by atoms with E-state index in [1.807, 2.05) is 63.8 Å².